The van der Waals surface area contributed by atoms with Crippen molar-refractivity contribution < 1.29 is 14.6 Å². The molecule has 1 aliphatic rings. The second-order valence-corrected chi connectivity index (χ2v) is 7.71. The van der Waals surface area contributed by atoms with E-state index >= 15 is 0 Å². The Balaban J connectivity index is 1.75. The van der Waals surface area contributed by atoms with E-state index in [0.717, 1.165) is 40.5 Å². The van der Waals surface area contributed by atoms with E-state index in [4.69, 9.17) is 9.72 Å². The molecule has 0 unspecified atom stereocenters. The van der Waals surface area contributed by atoms with Crippen LogP contribution in [0.15, 0.2) is 60.8 Å². The predicted molar refractivity (Wildman–Crippen MR) is 114 cm³/mol. The number of carboxylic acids is 1. The summed E-state index contributed by atoms with van der Waals surface area (Å²) in [6.45, 7) is 0. The predicted octanol–water partition coefficient (Wildman–Crippen LogP) is 5.86. The average molecular weight is 387 g/mol. The Morgan fingerprint density at radius 3 is 2.31 bits per heavy atom. The molecule has 0 spiro atoms. The van der Waals surface area contributed by atoms with E-state index in [2.05, 4.69) is 6.07 Å². The third-order valence-corrected chi connectivity index (χ3v) is 5.75. The van der Waals surface area contributed by atoms with Crippen molar-refractivity contribution >= 4 is 5.97 Å². The Morgan fingerprint density at radius 1 is 1.03 bits per heavy atom. The molecule has 29 heavy (non-hydrogen) atoms. The Bertz CT molecular complexity index is 988. The molecule has 0 aliphatic heterocycles. The van der Waals surface area contributed by atoms with Crippen molar-refractivity contribution in [2.75, 3.05) is 7.11 Å². The highest BCUT2D eigenvalue weighted by atomic mass is 16.5. The highest BCUT2D eigenvalue weighted by Crippen LogP contribution is 2.34. The normalized spacial score (nSPS) is 14.1. The minimum absolute atomic E-state index is 0.287. The number of carbonyl (C=O) groups is 1. The molecular weight excluding hydrogens is 362 g/mol. The lowest BCUT2D eigenvalue weighted by Gasteiger charge is -2.14. The lowest BCUT2D eigenvalue weighted by molar-refractivity contribution is 0.0697. The largest absolute Gasteiger partial charge is 0.497 e. The Hall–Kier alpha value is -3.14. The third-order valence-electron chi connectivity index (χ3n) is 5.75. The van der Waals surface area contributed by atoms with Gasteiger partial charge >= 0.3 is 5.97 Å². The zero-order chi connectivity index (χ0) is 20.2. The van der Waals surface area contributed by atoms with Gasteiger partial charge in [0.15, 0.2) is 0 Å². The van der Waals surface area contributed by atoms with E-state index < -0.39 is 5.97 Å². The fourth-order valence-electron chi connectivity index (χ4n) is 4.16. The molecule has 1 aliphatic carbocycles. The fourth-order valence-corrected chi connectivity index (χ4v) is 4.16. The van der Waals surface area contributed by atoms with Crippen LogP contribution in [-0.4, -0.2) is 23.2 Å². The van der Waals surface area contributed by atoms with Gasteiger partial charge < -0.3 is 9.84 Å². The summed E-state index contributed by atoms with van der Waals surface area (Å²) in [6, 6.07) is 17.1. The van der Waals surface area contributed by atoms with Gasteiger partial charge in [0, 0.05) is 17.3 Å². The lowest BCUT2D eigenvalue weighted by Crippen LogP contribution is -2.01. The van der Waals surface area contributed by atoms with Gasteiger partial charge in [0.2, 0.25) is 0 Å². The molecule has 0 amide bonds. The van der Waals surface area contributed by atoms with Crippen molar-refractivity contribution in [1.82, 2.24) is 4.98 Å². The molecule has 1 heterocycles. The van der Waals surface area contributed by atoms with Crippen molar-refractivity contribution in [2.24, 2.45) is 5.92 Å². The van der Waals surface area contributed by atoms with Crippen molar-refractivity contribution in [3.63, 3.8) is 0 Å². The number of nitrogens with zero attached hydrogens (tertiary/aromatic N) is 1. The van der Waals surface area contributed by atoms with Gasteiger partial charge in [0.05, 0.1) is 18.4 Å². The molecule has 148 valence electrons. The Kier molecular flexibility index (Phi) is 5.61. The maximum Gasteiger partial charge on any atom is 0.335 e. The van der Waals surface area contributed by atoms with E-state index in [-0.39, 0.29) is 5.56 Å². The zero-order valence-corrected chi connectivity index (χ0v) is 16.6. The number of ether oxygens (including phenoxy) is 1. The summed E-state index contributed by atoms with van der Waals surface area (Å²) in [7, 11) is 1.65. The number of methoxy groups -OCH3 is 1. The maximum absolute atomic E-state index is 11.2. The lowest BCUT2D eigenvalue weighted by atomic mass is 9.93. The molecule has 1 saturated carbocycles. The van der Waals surface area contributed by atoms with Gasteiger partial charge in [-0.05, 0) is 65.9 Å². The second-order valence-electron chi connectivity index (χ2n) is 7.71. The molecule has 4 heteroatoms. The molecule has 4 rings (SSSR count). The molecule has 0 bridgehead atoms. The van der Waals surface area contributed by atoms with E-state index in [1.807, 2.05) is 42.6 Å². The van der Waals surface area contributed by atoms with Crippen LogP contribution in [0.3, 0.4) is 0 Å². The first kappa shape index (κ1) is 19.2. The second kappa shape index (κ2) is 8.48. The number of rotatable bonds is 6. The van der Waals surface area contributed by atoms with Crippen molar-refractivity contribution in [2.45, 2.75) is 32.1 Å². The topological polar surface area (TPSA) is 59.4 Å². The molecule has 0 saturated heterocycles. The van der Waals surface area contributed by atoms with Crippen LogP contribution >= 0.6 is 0 Å². The standard InChI is InChI=1S/C25H25NO3/c1-29-22-12-10-20(11-13-22)24-23(19-6-8-21(9-7-19)25(27)28)15-18(16-26-24)14-17-4-2-3-5-17/h6-13,15-17H,2-5,14H2,1H3,(H,27,28). The summed E-state index contributed by atoms with van der Waals surface area (Å²) in [5.41, 5.74) is 5.44. The van der Waals surface area contributed by atoms with Crippen LogP contribution in [0.4, 0.5) is 0 Å². The van der Waals surface area contributed by atoms with Crippen LogP contribution < -0.4 is 4.74 Å². The number of pyridine rings is 1. The highest BCUT2D eigenvalue weighted by Gasteiger charge is 2.17. The molecule has 1 aromatic heterocycles. The molecular formula is C25H25NO3. The first-order valence-corrected chi connectivity index (χ1v) is 10.1. The van der Waals surface area contributed by atoms with Gasteiger partial charge in [-0.25, -0.2) is 4.79 Å². The smallest absolute Gasteiger partial charge is 0.335 e. The monoisotopic (exact) mass is 387 g/mol. The summed E-state index contributed by atoms with van der Waals surface area (Å²) in [5, 5.41) is 9.21. The first-order chi connectivity index (χ1) is 14.1. The first-order valence-electron chi connectivity index (χ1n) is 10.1. The number of aromatic carboxylic acids is 1. The quantitative estimate of drug-likeness (QED) is 0.576. The van der Waals surface area contributed by atoms with Crippen LogP contribution in [0.5, 0.6) is 5.75 Å². The van der Waals surface area contributed by atoms with Crippen molar-refractivity contribution in [1.29, 1.82) is 0 Å². The van der Waals surface area contributed by atoms with Gasteiger partial charge in [-0.3, -0.25) is 4.98 Å². The molecule has 3 aromatic rings. The molecule has 1 N–H and O–H groups in total. The van der Waals surface area contributed by atoms with Crippen molar-refractivity contribution in [3.05, 3.63) is 71.9 Å². The zero-order valence-electron chi connectivity index (χ0n) is 16.6. The Morgan fingerprint density at radius 2 is 1.69 bits per heavy atom. The van der Waals surface area contributed by atoms with Gasteiger partial charge in [-0.2, -0.15) is 0 Å². The molecule has 4 nitrogen and oxygen atoms in total. The van der Waals surface area contributed by atoms with Gasteiger partial charge in [-0.15, -0.1) is 0 Å². The number of benzene rings is 2. The summed E-state index contributed by atoms with van der Waals surface area (Å²) in [4.78, 5) is 16.0. The third kappa shape index (κ3) is 4.32. The van der Waals surface area contributed by atoms with Crippen LogP contribution in [0.2, 0.25) is 0 Å². The van der Waals surface area contributed by atoms with Gasteiger partial charge in [0.25, 0.3) is 0 Å². The SMILES string of the molecule is COc1ccc(-c2ncc(CC3CCCC3)cc2-c2ccc(C(=O)O)cc2)cc1. The minimum Gasteiger partial charge on any atom is -0.497 e. The van der Waals surface area contributed by atoms with Crippen LogP contribution in [0.25, 0.3) is 22.4 Å². The Labute approximate surface area is 171 Å². The average Bonchev–Trinajstić information content (AvgIpc) is 3.27. The van der Waals surface area contributed by atoms with E-state index in [9.17, 15) is 9.90 Å². The fraction of sp³-hybridized carbons (Fsp3) is 0.280. The molecule has 2 aromatic carbocycles. The maximum atomic E-state index is 11.2. The van der Waals surface area contributed by atoms with E-state index in [1.54, 1.807) is 19.2 Å². The number of carboxylic acid groups (broad SMARTS) is 1. The molecule has 0 radical (unpaired) electrons. The summed E-state index contributed by atoms with van der Waals surface area (Å²) < 4.78 is 5.27. The molecule has 1 fully saturated rings. The molecule has 0 atom stereocenters. The summed E-state index contributed by atoms with van der Waals surface area (Å²) >= 11 is 0. The van der Waals surface area contributed by atoms with Gasteiger partial charge in [-0.1, -0.05) is 37.8 Å². The summed E-state index contributed by atoms with van der Waals surface area (Å²) in [6.07, 6.45) is 8.28. The van der Waals surface area contributed by atoms with Gasteiger partial charge in [0.1, 0.15) is 5.75 Å². The van der Waals surface area contributed by atoms with E-state index in [1.165, 1.54) is 31.2 Å². The highest BCUT2D eigenvalue weighted by molar-refractivity contribution is 5.89. The van der Waals surface area contributed by atoms with Crippen LogP contribution in [-0.2, 0) is 6.42 Å². The number of hydrogen-bond acceptors (Lipinski definition) is 3. The number of aromatic nitrogens is 1. The van der Waals surface area contributed by atoms with E-state index in [0.29, 0.717) is 0 Å². The van der Waals surface area contributed by atoms with Crippen LogP contribution in [0, 0.1) is 5.92 Å². The van der Waals surface area contributed by atoms with Crippen LogP contribution in [0.1, 0.15) is 41.6 Å². The van der Waals surface area contributed by atoms with Crippen molar-refractivity contribution in [3.8, 4) is 28.1 Å². The summed E-state index contributed by atoms with van der Waals surface area (Å²) in [5.74, 6) is 0.630. The minimum atomic E-state index is -0.917. The number of hydrogen-bond donors (Lipinski definition) is 1.